The molecule has 1 aromatic rings. The van der Waals surface area contributed by atoms with Gasteiger partial charge in [0, 0.05) is 25.3 Å². The van der Waals surface area contributed by atoms with Crippen molar-refractivity contribution in [3.05, 3.63) is 23.4 Å². The molecule has 2 heterocycles. The summed E-state index contributed by atoms with van der Waals surface area (Å²) in [6.07, 6.45) is 5.41. The molecule has 0 bridgehead atoms. The zero-order chi connectivity index (χ0) is 13.0. The zero-order valence-electron chi connectivity index (χ0n) is 11.1. The summed E-state index contributed by atoms with van der Waals surface area (Å²) in [5, 5.41) is 12.6. The number of aryl methyl sites for hydroxylation is 1. The van der Waals surface area contributed by atoms with Gasteiger partial charge in [-0.25, -0.2) is 4.98 Å². The van der Waals surface area contributed by atoms with Crippen molar-refractivity contribution in [1.82, 2.24) is 10.3 Å². The first-order chi connectivity index (χ1) is 8.77. The van der Waals surface area contributed by atoms with Crippen LogP contribution in [-0.4, -0.2) is 31.2 Å². The fraction of sp³-hybridized carbons (Fsp3) is 0.571. The van der Waals surface area contributed by atoms with Gasteiger partial charge < -0.3 is 10.2 Å². The highest BCUT2D eigenvalue weighted by molar-refractivity contribution is 5.58. The minimum Gasteiger partial charge on any atom is -0.351 e. The van der Waals surface area contributed by atoms with Gasteiger partial charge in [0.25, 0.3) is 0 Å². The molecule has 0 radical (unpaired) electrons. The van der Waals surface area contributed by atoms with Gasteiger partial charge in [-0.15, -0.1) is 0 Å². The summed E-state index contributed by atoms with van der Waals surface area (Å²) in [6.45, 7) is 3.92. The van der Waals surface area contributed by atoms with Crippen LogP contribution in [0.25, 0.3) is 0 Å². The number of nitrogens with one attached hydrogen (secondary N) is 1. The van der Waals surface area contributed by atoms with E-state index in [4.69, 9.17) is 0 Å². The van der Waals surface area contributed by atoms with E-state index < -0.39 is 0 Å². The van der Waals surface area contributed by atoms with Gasteiger partial charge >= 0.3 is 0 Å². The average molecular weight is 244 g/mol. The second-order valence-corrected chi connectivity index (χ2v) is 4.84. The van der Waals surface area contributed by atoms with Crippen molar-refractivity contribution in [3.8, 4) is 6.07 Å². The van der Waals surface area contributed by atoms with E-state index in [-0.39, 0.29) is 0 Å². The van der Waals surface area contributed by atoms with Crippen LogP contribution >= 0.6 is 0 Å². The number of pyridine rings is 1. The molecule has 0 saturated carbocycles. The number of aromatic nitrogens is 1. The fourth-order valence-electron chi connectivity index (χ4n) is 2.63. The van der Waals surface area contributed by atoms with Gasteiger partial charge in [-0.3, -0.25) is 0 Å². The quantitative estimate of drug-likeness (QED) is 0.881. The Hall–Kier alpha value is -1.60. The van der Waals surface area contributed by atoms with E-state index in [2.05, 4.69) is 21.3 Å². The molecule has 4 heteroatoms. The number of hydrogen-bond donors (Lipinski definition) is 1. The molecule has 0 spiro atoms. The number of hydrogen-bond acceptors (Lipinski definition) is 4. The second-order valence-electron chi connectivity index (χ2n) is 4.84. The van der Waals surface area contributed by atoms with Gasteiger partial charge in [0.2, 0.25) is 0 Å². The van der Waals surface area contributed by atoms with Gasteiger partial charge in [0.1, 0.15) is 11.9 Å². The topological polar surface area (TPSA) is 52.0 Å². The Morgan fingerprint density at radius 3 is 3.11 bits per heavy atom. The third kappa shape index (κ3) is 2.46. The molecular weight excluding hydrogens is 224 g/mol. The number of piperidine rings is 1. The summed E-state index contributed by atoms with van der Waals surface area (Å²) < 4.78 is 0. The average Bonchev–Trinajstić information content (AvgIpc) is 2.39. The molecule has 4 nitrogen and oxygen atoms in total. The Bertz CT molecular complexity index is 448. The van der Waals surface area contributed by atoms with Crippen LogP contribution in [0.3, 0.4) is 0 Å². The molecule has 18 heavy (non-hydrogen) atoms. The summed E-state index contributed by atoms with van der Waals surface area (Å²) in [5.41, 5.74) is 1.73. The Balaban J connectivity index is 2.34. The van der Waals surface area contributed by atoms with E-state index in [0.29, 0.717) is 6.04 Å². The third-order valence-corrected chi connectivity index (χ3v) is 3.59. The van der Waals surface area contributed by atoms with Crippen molar-refractivity contribution < 1.29 is 0 Å². The predicted octanol–water partition coefficient (Wildman–Crippen LogP) is 1.84. The van der Waals surface area contributed by atoms with E-state index >= 15 is 0 Å². The number of nitrogens with zero attached hydrogens (tertiary/aromatic N) is 3. The van der Waals surface area contributed by atoms with Crippen molar-refractivity contribution in [3.63, 3.8) is 0 Å². The minimum absolute atomic E-state index is 0.449. The summed E-state index contributed by atoms with van der Waals surface area (Å²) in [6, 6.07) is 4.65. The van der Waals surface area contributed by atoms with Gasteiger partial charge in [0.15, 0.2) is 0 Å². The largest absolute Gasteiger partial charge is 0.351 e. The van der Waals surface area contributed by atoms with Crippen molar-refractivity contribution in [2.45, 2.75) is 32.2 Å². The van der Waals surface area contributed by atoms with Crippen LogP contribution in [0.2, 0.25) is 0 Å². The fourth-order valence-corrected chi connectivity index (χ4v) is 2.63. The highest BCUT2D eigenvalue weighted by atomic mass is 15.2. The molecule has 1 aromatic heterocycles. The number of rotatable bonds is 3. The highest BCUT2D eigenvalue weighted by Gasteiger charge is 2.25. The van der Waals surface area contributed by atoms with Gasteiger partial charge in [-0.1, -0.05) is 0 Å². The van der Waals surface area contributed by atoms with Crippen LogP contribution in [0.4, 0.5) is 5.82 Å². The lowest BCUT2D eigenvalue weighted by Crippen LogP contribution is -2.45. The van der Waals surface area contributed by atoms with Crippen LogP contribution < -0.4 is 10.2 Å². The predicted molar refractivity (Wildman–Crippen MR) is 72.6 cm³/mol. The summed E-state index contributed by atoms with van der Waals surface area (Å²) in [7, 11) is 1.97. The Labute approximate surface area is 109 Å². The molecule has 1 aliphatic heterocycles. The van der Waals surface area contributed by atoms with E-state index in [1.165, 1.54) is 19.3 Å². The lowest BCUT2D eigenvalue weighted by molar-refractivity contribution is 0.443. The smallest absolute Gasteiger partial charge is 0.147 e. The number of likely N-dealkylation sites (N-methyl/N-ethyl adjacent to an activating group) is 1. The van der Waals surface area contributed by atoms with E-state index in [0.717, 1.165) is 30.0 Å². The SMILES string of the molecule is CNCC1CCCCN1c1nccc(C)c1C#N. The Morgan fingerprint density at radius 2 is 2.39 bits per heavy atom. The summed E-state index contributed by atoms with van der Waals surface area (Å²) in [4.78, 5) is 6.74. The number of anilines is 1. The molecule has 1 unspecified atom stereocenters. The van der Waals surface area contributed by atoms with Crippen LogP contribution in [0.5, 0.6) is 0 Å². The summed E-state index contributed by atoms with van der Waals surface area (Å²) in [5.74, 6) is 0.859. The molecule has 1 atom stereocenters. The maximum atomic E-state index is 9.31. The molecule has 0 aliphatic carbocycles. The molecular formula is C14H20N4. The first-order valence-corrected chi connectivity index (χ1v) is 6.55. The van der Waals surface area contributed by atoms with Gasteiger partial charge in [-0.05, 0) is 44.9 Å². The van der Waals surface area contributed by atoms with E-state index in [1.807, 2.05) is 20.0 Å². The van der Waals surface area contributed by atoms with Crippen LogP contribution in [0.1, 0.15) is 30.4 Å². The van der Waals surface area contributed by atoms with Crippen molar-refractivity contribution in [2.75, 3.05) is 25.0 Å². The third-order valence-electron chi connectivity index (χ3n) is 3.59. The lowest BCUT2D eigenvalue weighted by Gasteiger charge is -2.37. The molecule has 1 saturated heterocycles. The van der Waals surface area contributed by atoms with Crippen molar-refractivity contribution in [1.29, 1.82) is 5.26 Å². The maximum Gasteiger partial charge on any atom is 0.147 e. The minimum atomic E-state index is 0.449. The van der Waals surface area contributed by atoms with Crippen LogP contribution in [-0.2, 0) is 0 Å². The Kier molecular flexibility index (Phi) is 4.16. The van der Waals surface area contributed by atoms with Gasteiger partial charge in [0.05, 0.1) is 5.56 Å². The van der Waals surface area contributed by atoms with Gasteiger partial charge in [-0.2, -0.15) is 5.26 Å². The van der Waals surface area contributed by atoms with E-state index in [1.54, 1.807) is 6.20 Å². The molecule has 1 aliphatic rings. The monoisotopic (exact) mass is 244 g/mol. The van der Waals surface area contributed by atoms with Crippen molar-refractivity contribution in [2.24, 2.45) is 0 Å². The summed E-state index contributed by atoms with van der Waals surface area (Å²) >= 11 is 0. The van der Waals surface area contributed by atoms with Crippen LogP contribution in [0.15, 0.2) is 12.3 Å². The molecule has 0 aromatic carbocycles. The number of nitriles is 1. The molecule has 1 fully saturated rings. The Morgan fingerprint density at radius 1 is 1.56 bits per heavy atom. The lowest BCUT2D eigenvalue weighted by atomic mass is 10.0. The molecule has 96 valence electrons. The zero-order valence-corrected chi connectivity index (χ0v) is 11.1. The molecule has 2 rings (SSSR count). The van der Waals surface area contributed by atoms with E-state index in [9.17, 15) is 5.26 Å². The maximum absolute atomic E-state index is 9.31. The first-order valence-electron chi connectivity index (χ1n) is 6.55. The normalized spacial score (nSPS) is 19.6. The second kappa shape index (κ2) is 5.83. The highest BCUT2D eigenvalue weighted by Crippen LogP contribution is 2.27. The first kappa shape index (κ1) is 12.8. The molecule has 0 amide bonds. The van der Waals surface area contributed by atoms with Crippen LogP contribution in [0, 0.1) is 18.3 Å². The standard InChI is InChI=1S/C14H20N4/c1-11-6-7-17-14(13(11)9-15)18-8-4-3-5-12(18)10-16-2/h6-7,12,16H,3-5,8,10H2,1-2H3. The van der Waals surface area contributed by atoms with Crippen molar-refractivity contribution >= 4 is 5.82 Å². The molecule has 1 N–H and O–H groups in total.